The highest BCUT2D eigenvalue weighted by molar-refractivity contribution is 5.78. The average Bonchev–Trinajstić information content (AvgIpc) is 3.09. The van der Waals surface area contributed by atoms with Gasteiger partial charge in [-0.1, -0.05) is 42.5 Å². The van der Waals surface area contributed by atoms with Crippen molar-refractivity contribution in [1.82, 2.24) is 14.7 Å². The molecular formula is C27H37N3O3. The molecule has 2 aliphatic rings. The highest BCUT2D eigenvalue weighted by Crippen LogP contribution is 2.49. The molecule has 0 N–H and O–H groups in total. The fraction of sp³-hybridized carbons (Fsp3) is 0.519. The van der Waals surface area contributed by atoms with Crippen molar-refractivity contribution in [1.29, 1.82) is 0 Å². The van der Waals surface area contributed by atoms with Crippen LogP contribution in [0.25, 0.3) is 0 Å². The third-order valence-electron chi connectivity index (χ3n) is 7.79. The Balaban J connectivity index is 1.56. The number of urea groups is 1. The second kappa shape index (κ2) is 9.74. The van der Waals surface area contributed by atoms with Crippen LogP contribution in [0.15, 0.2) is 54.6 Å². The van der Waals surface area contributed by atoms with Crippen LogP contribution in [-0.4, -0.2) is 74.3 Å². The van der Waals surface area contributed by atoms with E-state index < -0.39 is 0 Å². The van der Waals surface area contributed by atoms with Crippen LogP contribution in [0, 0.1) is 0 Å². The molecule has 178 valence electrons. The zero-order valence-corrected chi connectivity index (χ0v) is 20.4. The Morgan fingerprint density at radius 3 is 2.18 bits per heavy atom. The Kier molecular flexibility index (Phi) is 6.96. The summed E-state index contributed by atoms with van der Waals surface area (Å²) in [6.07, 6.45) is 4.01. The van der Waals surface area contributed by atoms with E-state index in [0.717, 1.165) is 43.5 Å². The maximum Gasteiger partial charge on any atom is 0.320 e. The van der Waals surface area contributed by atoms with Crippen LogP contribution in [0.5, 0.6) is 5.75 Å². The van der Waals surface area contributed by atoms with E-state index in [0.29, 0.717) is 19.7 Å². The second-order valence-electron chi connectivity index (χ2n) is 9.65. The van der Waals surface area contributed by atoms with Crippen LogP contribution >= 0.6 is 0 Å². The summed E-state index contributed by atoms with van der Waals surface area (Å²) in [5.74, 6) is 0.831. The molecule has 0 radical (unpaired) electrons. The zero-order chi connectivity index (χ0) is 23.5. The van der Waals surface area contributed by atoms with Crippen molar-refractivity contribution in [3.05, 3.63) is 65.7 Å². The lowest BCUT2D eigenvalue weighted by molar-refractivity contribution is 0.0175. The van der Waals surface area contributed by atoms with Crippen LogP contribution in [0.1, 0.15) is 36.8 Å². The fourth-order valence-electron chi connectivity index (χ4n) is 5.77. The minimum absolute atomic E-state index is 0.00584. The maximum atomic E-state index is 13.5. The van der Waals surface area contributed by atoms with Crippen molar-refractivity contribution in [2.75, 3.05) is 48.0 Å². The second-order valence-corrected chi connectivity index (χ2v) is 9.65. The van der Waals surface area contributed by atoms with Gasteiger partial charge in [0.2, 0.25) is 0 Å². The number of carbonyl (C=O) groups excluding carboxylic acids is 1. The van der Waals surface area contributed by atoms with Gasteiger partial charge in [-0.25, -0.2) is 4.79 Å². The van der Waals surface area contributed by atoms with Crippen molar-refractivity contribution < 1.29 is 14.3 Å². The minimum Gasteiger partial charge on any atom is -0.497 e. The molecule has 0 bridgehead atoms. The van der Waals surface area contributed by atoms with Crippen molar-refractivity contribution in [2.45, 2.75) is 43.3 Å². The third-order valence-corrected chi connectivity index (χ3v) is 7.79. The number of nitrogens with zero attached hydrogens (tertiary/aromatic N) is 3. The lowest BCUT2D eigenvalue weighted by atomic mass is 9.68. The molecule has 0 unspecified atom stereocenters. The third kappa shape index (κ3) is 4.46. The Morgan fingerprint density at radius 1 is 0.939 bits per heavy atom. The molecule has 33 heavy (non-hydrogen) atoms. The predicted molar refractivity (Wildman–Crippen MR) is 130 cm³/mol. The molecule has 2 amide bonds. The van der Waals surface area contributed by atoms with Gasteiger partial charge in [0.05, 0.1) is 19.3 Å². The van der Waals surface area contributed by atoms with Gasteiger partial charge in [0, 0.05) is 32.3 Å². The first kappa shape index (κ1) is 23.6. The minimum atomic E-state index is -0.142. The fourth-order valence-corrected chi connectivity index (χ4v) is 5.77. The molecule has 4 rings (SSSR count). The Labute approximate surface area is 198 Å². The van der Waals surface area contributed by atoms with Gasteiger partial charge in [0.1, 0.15) is 5.75 Å². The highest BCUT2D eigenvalue weighted by Gasteiger charge is 2.54. The van der Waals surface area contributed by atoms with E-state index in [2.05, 4.69) is 54.2 Å². The van der Waals surface area contributed by atoms with E-state index in [-0.39, 0.29) is 17.1 Å². The Morgan fingerprint density at radius 2 is 1.61 bits per heavy atom. The molecule has 6 nitrogen and oxygen atoms in total. The number of methoxy groups -OCH3 is 2. The lowest BCUT2D eigenvalue weighted by Gasteiger charge is -2.51. The molecule has 2 fully saturated rings. The molecule has 1 spiro atoms. The molecule has 1 saturated carbocycles. The Hall–Kier alpha value is -2.57. The smallest absolute Gasteiger partial charge is 0.320 e. The number of rotatable bonds is 8. The Bertz CT molecular complexity index is 921. The summed E-state index contributed by atoms with van der Waals surface area (Å²) in [6, 6.07) is 19.0. The molecule has 6 heteroatoms. The van der Waals surface area contributed by atoms with Gasteiger partial charge in [0.15, 0.2) is 0 Å². The predicted octanol–water partition coefficient (Wildman–Crippen LogP) is 4.35. The molecule has 0 aromatic heterocycles. The highest BCUT2D eigenvalue weighted by atomic mass is 16.5. The molecule has 2 aromatic rings. The molecular weight excluding hydrogens is 414 g/mol. The summed E-state index contributed by atoms with van der Waals surface area (Å²) in [5, 5.41) is 0. The lowest BCUT2D eigenvalue weighted by Crippen LogP contribution is -2.56. The average molecular weight is 452 g/mol. The SMILES string of the molecule is COCCN1C(=O)N(Cc2ccc(OC)cc2)CC12CCC(c1ccccc1)(N(C)C)CC2. The van der Waals surface area contributed by atoms with Crippen LogP contribution in [0.4, 0.5) is 4.79 Å². The van der Waals surface area contributed by atoms with Crippen molar-refractivity contribution in [3.63, 3.8) is 0 Å². The van der Waals surface area contributed by atoms with E-state index >= 15 is 0 Å². The summed E-state index contributed by atoms with van der Waals surface area (Å²) >= 11 is 0. The molecule has 1 aliphatic carbocycles. The molecule has 0 atom stereocenters. The van der Waals surface area contributed by atoms with E-state index in [1.807, 2.05) is 29.2 Å². The van der Waals surface area contributed by atoms with Crippen molar-refractivity contribution >= 4 is 6.03 Å². The summed E-state index contributed by atoms with van der Waals surface area (Å²) in [5.41, 5.74) is 2.35. The number of carbonyl (C=O) groups is 1. The number of hydrogen-bond acceptors (Lipinski definition) is 4. The van der Waals surface area contributed by atoms with E-state index in [1.54, 1.807) is 14.2 Å². The first-order valence-corrected chi connectivity index (χ1v) is 11.9. The molecule has 1 heterocycles. The van der Waals surface area contributed by atoms with E-state index in [4.69, 9.17) is 9.47 Å². The normalized spacial score (nSPS) is 25.3. The first-order chi connectivity index (χ1) is 15.9. The summed E-state index contributed by atoms with van der Waals surface area (Å²) < 4.78 is 10.7. The van der Waals surface area contributed by atoms with Gasteiger partial charge < -0.3 is 19.3 Å². The van der Waals surface area contributed by atoms with Crippen LogP contribution in [-0.2, 0) is 16.8 Å². The summed E-state index contributed by atoms with van der Waals surface area (Å²) in [6.45, 7) is 2.57. The van der Waals surface area contributed by atoms with E-state index in [9.17, 15) is 4.79 Å². The van der Waals surface area contributed by atoms with Crippen molar-refractivity contribution in [3.8, 4) is 5.75 Å². The van der Waals surface area contributed by atoms with Crippen LogP contribution in [0.2, 0.25) is 0 Å². The van der Waals surface area contributed by atoms with Crippen LogP contribution in [0.3, 0.4) is 0 Å². The summed E-state index contributed by atoms with van der Waals surface area (Å²) in [4.78, 5) is 20.0. The van der Waals surface area contributed by atoms with E-state index in [1.165, 1.54) is 5.56 Å². The standard InChI is InChI=1S/C27H37N3O3/c1-28(2)27(23-8-6-5-7-9-23)16-14-26(15-17-27)21-29(25(31)30(26)18-19-32-3)20-22-10-12-24(33-4)13-11-22/h5-13H,14-21H2,1-4H3. The van der Waals surface area contributed by atoms with Gasteiger partial charge in [0.25, 0.3) is 0 Å². The first-order valence-electron chi connectivity index (χ1n) is 11.9. The molecule has 2 aromatic carbocycles. The zero-order valence-electron chi connectivity index (χ0n) is 20.4. The number of hydrogen-bond donors (Lipinski definition) is 0. The van der Waals surface area contributed by atoms with Gasteiger partial charge in [-0.3, -0.25) is 4.90 Å². The van der Waals surface area contributed by atoms with Crippen LogP contribution < -0.4 is 4.74 Å². The van der Waals surface area contributed by atoms with Gasteiger partial charge in [-0.2, -0.15) is 0 Å². The maximum absolute atomic E-state index is 13.5. The number of ether oxygens (including phenoxy) is 2. The largest absolute Gasteiger partial charge is 0.497 e. The van der Waals surface area contributed by atoms with Gasteiger partial charge in [-0.15, -0.1) is 0 Å². The number of benzene rings is 2. The number of amides is 2. The molecule has 1 aliphatic heterocycles. The molecule has 1 saturated heterocycles. The quantitative estimate of drug-likeness (QED) is 0.599. The topological polar surface area (TPSA) is 45.3 Å². The summed E-state index contributed by atoms with van der Waals surface area (Å²) in [7, 11) is 7.74. The van der Waals surface area contributed by atoms with Gasteiger partial charge in [-0.05, 0) is 63.0 Å². The van der Waals surface area contributed by atoms with Crippen molar-refractivity contribution in [2.24, 2.45) is 0 Å². The van der Waals surface area contributed by atoms with Gasteiger partial charge >= 0.3 is 6.03 Å². The monoisotopic (exact) mass is 451 g/mol.